The van der Waals surface area contributed by atoms with E-state index in [4.69, 9.17) is 0 Å². The monoisotopic (exact) mass is 289 g/mol. The fourth-order valence-corrected chi connectivity index (χ4v) is 3.78. The van der Waals surface area contributed by atoms with Crippen LogP contribution >= 0.6 is 0 Å². The van der Waals surface area contributed by atoms with Gasteiger partial charge in [-0.3, -0.25) is 4.79 Å². The van der Waals surface area contributed by atoms with Crippen molar-refractivity contribution < 1.29 is 14.7 Å². The van der Waals surface area contributed by atoms with E-state index < -0.39 is 12.0 Å². The van der Waals surface area contributed by atoms with E-state index in [-0.39, 0.29) is 11.8 Å². The molecule has 1 aromatic rings. The van der Waals surface area contributed by atoms with Gasteiger partial charge >= 0.3 is 5.97 Å². The molecule has 1 N–H and O–H groups in total. The SMILES string of the molecule is Cc1ncc(C(=O)N2CC3CCCC3C2C(=O)O)c(C)n1. The molecule has 3 unspecified atom stereocenters. The van der Waals surface area contributed by atoms with Crippen molar-refractivity contribution in [1.82, 2.24) is 14.9 Å². The summed E-state index contributed by atoms with van der Waals surface area (Å²) >= 11 is 0. The van der Waals surface area contributed by atoms with Crippen molar-refractivity contribution in [2.24, 2.45) is 11.8 Å². The predicted molar refractivity (Wildman–Crippen MR) is 74.8 cm³/mol. The van der Waals surface area contributed by atoms with Crippen LogP contribution in [0.2, 0.25) is 0 Å². The Morgan fingerprint density at radius 1 is 1.33 bits per heavy atom. The van der Waals surface area contributed by atoms with Crippen molar-refractivity contribution >= 4 is 11.9 Å². The molecular weight excluding hydrogens is 270 g/mol. The van der Waals surface area contributed by atoms with E-state index in [2.05, 4.69) is 9.97 Å². The van der Waals surface area contributed by atoms with E-state index in [1.807, 2.05) is 0 Å². The number of amides is 1. The highest BCUT2D eigenvalue weighted by Crippen LogP contribution is 2.42. The normalized spacial score (nSPS) is 27.7. The highest BCUT2D eigenvalue weighted by Gasteiger charge is 2.49. The summed E-state index contributed by atoms with van der Waals surface area (Å²) in [5.74, 6) is -0.130. The molecule has 112 valence electrons. The van der Waals surface area contributed by atoms with Crippen LogP contribution in [0.1, 0.15) is 41.1 Å². The number of carbonyl (C=O) groups is 2. The van der Waals surface area contributed by atoms with Crippen LogP contribution in [-0.2, 0) is 4.79 Å². The first-order chi connectivity index (χ1) is 9.99. The predicted octanol–water partition coefficient (Wildman–Crippen LogP) is 1.42. The molecule has 1 saturated heterocycles. The molecule has 1 aromatic heterocycles. The summed E-state index contributed by atoms with van der Waals surface area (Å²) in [6.07, 6.45) is 4.48. The number of likely N-dealkylation sites (tertiary alicyclic amines) is 1. The number of aryl methyl sites for hydroxylation is 2. The lowest BCUT2D eigenvalue weighted by Gasteiger charge is -2.24. The minimum atomic E-state index is -0.900. The van der Waals surface area contributed by atoms with Gasteiger partial charge in [0.1, 0.15) is 11.9 Å². The number of rotatable bonds is 2. The standard InChI is InChI=1S/C15H19N3O3/c1-8-12(6-16-9(2)17-8)14(19)18-7-10-4-3-5-11(10)13(18)15(20)21/h6,10-11,13H,3-5,7H2,1-2H3,(H,20,21). The summed E-state index contributed by atoms with van der Waals surface area (Å²) in [6.45, 7) is 4.06. The van der Waals surface area contributed by atoms with Crippen molar-refractivity contribution in [2.45, 2.75) is 39.2 Å². The summed E-state index contributed by atoms with van der Waals surface area (Å²) in [5, 5.41) is 9.51. The van der Waals surface area contributed by atoms with Crippen LogP contribution in [0.4, 0.5) is 0 Å². The van der Waals surface area contributed by atoms with E-state index in [9.17, 15) is 14.7 Å². The van der Waals surface area contributed by atoms with Gasteiger partial charge in [0.05, 0.1) is 11.3 Å². The summed E-state index contributed by atoms with van der Waals surface area (Å²) < 4.78 is 0. The molecule has 3 rings (SSSR count). The number of aliphatic carboxylic acids is 1. The number of carboxylic acid groups (broad SMARTS) is 1. The topological polar surface area (TPSA) is 83.4 Å². The van der Waals surface area contributed by atoms with Crippen LogP contribution in [0.5, 0.6) is 0 Å². The van der Waals surface area contributed by atoms with Crippen LogP contribution in [0.15, 0.2) is 6.20 Å². The van der Waals surface area contributed by atoms with E-state index in [0.717, 1.165) is 19.3 Å². The second kappa shape index (κ2) is 5.09. The molecule has 0 spiro atoms. The Kier molecular flexibility index (Phi) is 3.39. The molecule has 3 atom stereocenters. The largest absolute Gasteiger partial charge is 0.480 e. The van der Waals surface area contributed by atoms with Crippen molar-refractivity contribution in [3.05, 3.63) is 23.3 Å². The van der Waals surface area contributed by atoms with Crippen LogP contribution in [0.25, 0.3) is 0 Å². The van der Waals surface area contributed by atoms with Crippen LogP contribution in [0.3, 0.4) is 0 Å². The van der Waals surface area contributed by atoms with E-state index >= 15 is 0 Å². The maximum absolute atomic E-state index is 12.7. The van der Waals surface area contributed by atoms with Crippen LogP contribution in [0, 0.1) is 25.7 Å². The third-order valence-electron chi connectivity index (χ3n) is 4.73. The Labute approximate surface area is 123 Å². The maximum atomic E-state index is 12.7. The first-order valence-electron chi connectivity index (χ1n) is 7.33. The number of aromatic nitrogens is 2. The fraction of sp³-hybridized carbons (Fsp3) is 0.600. The molecule has 6 nitrogen and oxygen atoms in total. The van der Waals surface area contributed by atoms with Crippen molar-refractivity contribution in [3.63, 3.8) is 0 Å². The quantitative estimate of drug-likeness (QED) is 0.890. The van der Waals surface area contributed by atoms with Crippen molar-refractivity contribution in [1.29, 1.82) is 0 Å². The molecule has 1 saturated carbocycles. The van der Waals surface area contributed by atoms with Gasteiger partial charge in [-0.2, -0.15) is 0 Å². The average Bonchev–Trinajstić information content (AvgIpc) is 2.96. The van der Waals surface area contributed by atoms with Gasteiger partial charge in [-0.15, -0.1) is 0 Å². The molecule has 21 heavy (non-hydrogen) atoms. The van der Waals surface area contributed by atoms with Gasteiger partial charge < -0.3 is 10.0 Å². The zero-order valence-electron chi connectivity index (χ0n) is 12.2. The Balaban J connectivity index is 1.91. The van der Waals surface area contributed by atoms with Gasteiger partial charge in [-0.05, 0) is 38.5 Å². The van der Waals surface area contributed by atoms with E-state index in [0.29, 0.717) is 29.5 Å². The zero-order valence-corrected chi connectivity index (χ0v) is 12.2. The lowest BCUT2D eigenvalue weighted by atomic mass is 9.94. The Hall–Kier alpha value is -1.98. The lowest BCUT2D eigenvalue weighted by molar-refractivity contribution is -0.142. The van der Waals surface area contributed by atoms with Gasteiger partial charge in [-0.1, -0.05) is 6.42 Å². The molecule has 1 amide bonds. The number of carboxylic acids is 1. The molecule has 2 heterocycles. The summed E-state index contributed by atoms with van der Waals surface area (Å²) in [6, 6.07) is -0.703. The number of hydrogen-bond donors (Lipinski definition) is 1. The minimum absolute atomic E-state index is 0.0955. The molecule has 0 bridgehead atoms. The van der Waals surface area contributed by atoms with Gasteiger partial charge in [0.2, 0.25) is 0 Å². The maximum Gasteiger partial charge on any atom is 0.326 e. The minimum Gasteiger partial charge on any atom is -0.480 e. The third kappa shape index (κ3) is 2.28. The number of hydrogen-bond acceptors (Lipinski definition) is 4. The number of nitrogens with zero attached hydrogens (tertiary/aromatic N) is 3. The van der Waals surface area contributed by atoms with Crippen LogP contribution in [-0.4, -0.2) is 44.4 Å². The third-order valence-corrected chi connectivity index (χ3v) is 4.73. The van der Waals surface area contributed by atoms with Gasteiger partial charge in [0.25, 0.3) is 5.91 Å². The molecule has 0 radical (unpaired) electrons. The highest BCUT2D eigenvalue weighted by molar-refractivity contribution is 5.97. The van der Waals surface area contributed by atoms with Crippen molar-refractivity contribution in [3.8, 4) is 0 Å². The molecule has 1 aliphatic carbocycles. The smallest absolute Gasteiger partial charge is 0.326 e. The highest BCUT2D eigenvalue weighted by atomic mass is 16.4. The Bertz CT molecular complexity index is 602. The first-order valence-corrected chi connectivity index (χ1v) is 7.33. The molecular formula is C15H19N3O3. The molecule has 1 aliphatic heterocycles. The zero-order chi connectivity index (χ0) is 15.1. The molecule has 0 aromatic carbocycles. The summed E-state index contributed by atoms with van der Waals surface area (Å²) in [4.78, 5) is 34.1. The number of fused-ring (bicyclic) bond motifs is 1. The number of carbonyl (C=O) groups excluding carboxylic acids is 1. The summed E-state index contributed by atoms with van der Waals surface area (Å²) in [5.41, 5.74) is 1.01. The van der Waals surface area contributed by atoms with E-state index in [1.54, 1.807) is 13.8 Å². The Morgan fingerprint density at radius 3 is 2.76 bits per heavy atom. The first kappa shape index (κ1) is 14.0. The molecule has 6 heteroatoms. The lowest BCUT2D eigenvalue weighted by Crippen LogP contribution is -2.43. The van der Waals surface area contributed by atoms with Gasteiger partial charge in [-0.25, -0.2) is 14.8 Å². The summed E-state index contributed by atoms with van der Waals surface area (Å²) in [7, 11) is 0. The van der Waals surface area contributed by atoms with Gasteiger partial charge in [0.15, 0.2) is 0 Å². The van der Waals surface area contributed by atoms with Crippen LogP contribution < -0.4 is 0 Å². The second-order valence-corrected chi connectivity index (χ2v) is 6.01. The van der Waals surface area contributed by atoms with E-state index in [1.165, 1.54) is 11.1 Å². The fourth-order valence-electron chi connectivity index (χ4n) is 3.78. The van der Waals surface area contributed by atoms with Crippen molar-refractivity contribution in [2.75, 3.05) is 6.54 Å². The molecule has 2 aliphatic rings. The second-order valence-electron chi connectivity index (χ2n) is 6.01. The van der Waals surface area contributed by atoms with Gasteiger partial charge in [0, 0.05) is 12.7 Å². The average molecular weight is 289 g/mol. The Morgan fingerprint density at radius 2 is 2.10 bits per heavy atom. The molecule has 2 fully saturated rings.